The molecule has 1 aromatic rings. The van der Waals surface area contributed by atoms with Gasteiger partial charge < -0.3 is 5.11 Å². The molecule has 0 heterocycles. The van der Waals surface area contributed by atoms with Gasteiger partial charge >= 0.3 is 5.97 Å². The Kier molecular flexibility index (Phi) is 4.06. The zero-order chi connectivity index (χ0) is 14.0. The van der Waals surface area contributed by atoms with E-state index in [1.165, 1.54) is 6.07 Å². The first-order chi connectivity index (χ1) is 8.13. The van der Waals surface area contributed by atoms with Gasteiger partial charge in [0.15, 0.2) is 0 Å². The molecule has 0 aromatic heterocycles. The van der Waals surface area contributed by atoms with Crippen molar-refractivity contribution in [2.45, 2.75) is 9.79 Å². The number of nitrogens with one attached hydrogen (secondary N) is 1. The third-order valence-electron chi connectivity index (χ3n) is 1.86. The highest BCUT2D eigenvalue weighted by Crippen LogP contribution is 2.14. The van der Waals surface area contributed by atoms with Crippen molar-refractivity contribution in [3.63, 3.8) is 0 Å². The van der Waals surface area contributed by atoms with Gasteiger partial charge in [-0.3, -0.25) is 4.79 Å². The predicted molar refractivity (Wildman–Crippen MR) is 60.6 cm³/mol. The van der Waals surface area contributed by atoms with Crippen molar-refractivity contribution in [1.82, 2.24) is 4.72 Å². The monoisotopic (exact) mass is 294 g/mol. The highest BCUT2D eigenvalue weighted by Gasteiger charge is 2.17. The summed E-state index contributed by atoms with van der Waals surface area (Å²) >= 11 is 0. The third kappa shape index (κ3) is 3.77. The molecule has 18 heavy (non-hydrogen) atoms. The first-order valence-corrected chi connectivity index (χ1v) is 7.50. The van der Waals surface area contributed by atoms with Gasteiger partial charge in [-0.25, -0.2) is 22.0 Å². The average Bonchev–Trinajstić information content (AvgIpc) is 2.26. The summed E-state index contributed by atoms with van der Waals surface area (Å²) in [7, 11) is -8.11. The summed E-state index contributed by atoms with van der Waals surface area (Å²) in [4.78, 5) is 9.51. The second-order valence-corrected chi connectivity index (χ2v) is 6.57. The molecule has 1 rings (SSSR count). The summed E-state index contributed by atoms with van der Waals surface area (Å²) in [5.74, 6) is -1.36. The zero-order valence-electron chi connectivity index (χ0n) is 8.90. The van der Waals surface area contributed by atoms with Crippen LogP contribution in [0.1, 0.15) is 0 Å². The van der Waals surface area contributed by atoms with E-state index in [9.17, 15) is 21.6 Å². The normalized spacial score (nSPS) is 12.3. The molecule has 100 valence electrons. The average molecular weight is 294 g/mol. The van der Waals surface area contributed by atoms with Crippen LogP contribution in [-0.2, 0) is 24.8 Å². The van der Waals surface area contributed by atoms with E-state index in [1.807, 2.05) is 0 Å². The maximum absolute atomic E-state index is 11.6. The molecular formula is C8H10N2O6S2. The molecule has 8 nitrogen and oxygen atoms in total. The predicted octanol–water partition coefficient (Wildman–Crippen LogP) is -1.30. The van der Waals surface area contributed by atoms with Crippen LogP contribution < -0.4 is 9.86 Å². The third-order valence-corrected chi connectivity index (χ3v) is 4.17. The maximum Gasteiger partial charge on any atom is 0.318 e. The van der Waals surface area contributed by atoms with Gasteiger partial charge in [0.25, 0.3) is 0 Å². The van der Waals surface area contributed by atoms with Crippen molar-refractivity contribution in [3.05, 3.63) is 24.3 Å². The quantitative estimate of drug-likeness (QED) is 0.615. The van der Waals surface area contributed by atoms with E-state index in [-0.39, 0.29) is 9.79 Å². The second-order valence-electron chi connectivity index (χ2n) is 3.24. The molecule has 0 fully saturated rings. The summed E-state index contributed by atoms with van der Waals surface area (Å²) < 4.78 is 47.1. The Morgan fingerprint density at radius 2 is 1.78 bits per heavy atom. The number of aliphatic carboxylic acids is 1. The van der Waals surface area contributed by atoms with E-state index in [4.69, 9.17) is 10.2 Å². The number of carboxylic acids is 1. The molecule has 0 atom stereocenters. The molecule has 0 aliphatic heterocycles. The van der Waals surface area contributed by atoms with Gasteiger partial charge in [0, 0.05) is 0 Å². The highest BCUT2D eigenvalue weighted by molar-refractivity contribution is 7.90. The van der Waals surface area contributed by atoms with Crippen molar-refractivity contribution >= 4 is 26.0 Å². The molecule has 0 amide bonds. The van der Waals surface area contributed by atoms with Crippen LogP contribution in [-0.4, -0.2) is 34.5 Å². The number of benzene rings is 1. The number of hydrogen-bond acceptors (Lipinski definition) is 5. The molecule has 0 unspecified atom stereocenters. The maximum atomic E-state index is 11.6. The summed E-state index contributed by atoms with van der Waals surface area (Å²) in [5.41, 5.74) is 0. The van der Waals surface area contributed by atoms with Gasteiger partial charge in [-0.05, 0) is 18.2 Å². The lowest BCUT2D eigenvalue weighted by molar-refractivity contribution is -0.135. The van der Waals surface area contributed by atoms with Crippen LogP contribution in [0.15, 0.2) is 34.1 Å². The van der Waals surface area contributed by atoms with Gasteiger partial charge in [-0.2, -0.15) is 4.72 Å². The number of rotatable bonds is 5. The van der Waals surface area contributed by atoms with Crippen LogP contribution in [0.4, 0.5) is 0 Å². The fraction of sp³-hybridized carbons (Fsp3) is 0.125. The Labute approximate surface area is 104 Å². The number of nitrogens with two attached hydrogens (primary N) is 1. The van der Waals surface area contributed by atoms with Crippen LogP contribution in [0.2, 0.25) is 0 Å². The van der Waals surface area contributed by atoms with Gasteiger partial charge in [0.05, 0.1) is 9.79 Å². The van der Waals surface area contributed by atoms with E-state index in [0.717, 1.165) is 18.2 Å². The fourth-order valence-electron chi connectivity index (χ4n) is 1.06. The molecule has 0 spiro atoms. The first kappa shape index (κ1) is 14.6. The van der Waals surface area contributed by atoms with Crippen molar-refractivity contribution in [2.24, 2.45) is 5.14 Å². The largest absolute Gasteiger partial charge is 0.480 e. The van der Waals surface area contributed by atoms with Crippen molar-refractivity contribution in [3.8, 4) is 0 Å². The zero-order valence-corrected chi connectivity index (χ0v) is 10.5. The molecule has 0 saturated carbocycles. The second kappa shape index (κ2) is 5.02. The van der Waals surface area contributed by atoms with Crippen molar-refractivity contribution in [2.75, 3.05) is 6.54 Å². The van der Waals surface area contributed by atoms with Crippen molar-refractivity contribution < 1.29 is 26.7 Å². The molecule has 0 saturated heterocycles. The van der Waals surface area contributed by atoms with E-state index in [2.05, 4.69) is 0 Å². The van der Waals surface area contributed by atoms with Crippen LogP contribution in [0.5, 0.6) is 0 Å². The Bertz CT molecular complexity index is 665. The molecule has 0 radical (unpaired) electrons. The Hall–Kier alpha value is -1.49. The minimum absolute atomic E-state index is 0.374. The Morgan fingerprint density at radius 1 is 1.22 bits per heavy atom. The van der Waals surface area contributed by atoms with E-state index >= 15 is 0 Å². The summed E-state index contributed by atoms with van der Waals surface area (Å²) in [6.45, 7) is -0.804. The highest BCUT2D eigenvalue weighted by atomic mass is 32.2. The minimum atomic E-state index is -4.09. The number of sulfonamides is 2. The summed E-state index contributed by atoms with van der Waals surface area (Å²) in [6, 6.07) is 4.29. The number of primary sulfonamides is 1. The Balaban J connectivity index is 3.15. The molecule has 1 aromatic carbocycles. The van der Waals surface area contributed by atoms with Crippen molar-refractivity contribution in [1.29, 1.82) is 0 Å². The lowest BCUT2D eigenvalue weighted by Gasteiger charge is -2.05. The molecule has 0 aliphatic rings. The first-order valence-electron chi connectivity index (χ1n) is 4.47. The van der Waals surface area contributed by atoms with Crippen LogP contribution in [0.3, 0.4) is 0 Å². The number of carbonyl (C=O) groups is 1. The molecule has 10 heteroatoms. The standard InChI is InChI=1S/C8H10N2O6S2/c9-17(13,14)6-2-1-3-7(4-6)18(15,16)10-5-8(11)12/h1-4,10H,5H2,(H,11,12)(H2,9,13,14). The minimum Gasteiger partial charge on any atom is -0.480 e. The van der Waals surface area contributed by atoms with Gasteiger partial charge in [0.1, 0.15) is 6.54 Å². The summed E-state index contributed by atoms with van der Waals surface area (Å²) in [5, 5.41) is 13.2. The number of hydrogen-bond donors (Lipinski definition) is 3. The lowest BCUT2D eigenvalue weighted by Crippen LogP contribution is -2.29. The van der Waals surface area contributed by atoms with Gasteiger partial charge in [-0.15, -0.1) is 0 Å². The smallest absolute Gasteiger partial charge is 0.318 e. The van der Waals surface area contributed by atoms with E-state index in [0.29, 0.717) is 0 Å². The topological polar surface area (TPSA) is 144 Å². The van der Waals surface area contributed by atoms with Crippen LogP contribution in [0, 0.1) is 0 Å². The molecule has 0 aliphatic carbocycles. The number of carboxylic acid groups (broad SMARTS) is 1. The fourth-order valence-corrected chi connectivity index (χ4v) is 2.71. The Morgan fingerprint density at radius 3 is 2.28 bits per heavy atom. The summed E-state index contributed by atoms with van der Waals surface area (Å²) in [6.07, 6.45) is 0. The van der Waals surface area contributed by atoms with Crippen LogP contribution >= 0.6 is 0 Å². The van der Waals surface area contributed by atoms with Gasteiger partial charge in [-0.1, -0.05) is 6.07 Å². The van der Waals surface area contributed by atoms with E-state index < -0.39 is 32.6 Å². The molecule has 0 bridgehead atoms. The van der Waals surface area contributed by atoms with Crippen LogP contribution in [0.25, 0.3) is 0 Å². The lowest BCUT2D eigenvalue weighted by atomic mass is 10.4. The van der Waals surface area contributed by atoms with Gasteiger partial charge in [0.2, 0.25) is 20.0 Å². The SMILES string of the molecule is NS(=O)(=O)c1cccc(S(=O)(=O)NCC(=O)O)c1. The molecule has 4 N–H and O–H groups in total. The molecular weight excluding hydrogens is 284 g/mol. The van der Waals surface area contributed by atoms with E-state index in [1.54, 1.807) is 4.72 Å².